The Balaban J connectivity index is 1.91. The van der Waals surface area contributed by atoms with E-state index < -0.39 is 53.0 Å². The van der Waals surface area contributed by atoms with Gasteiger partial charge in [0, 0.05) is 31.6 Å². The summed E-state index contributed by atoms with van der Waals surface area (Å²) in [7, 11) is -2.34. The van der Waals surface area contributed by atoms with Crippen LogP contribution >= 0.6 is 11.3 Å². The molecule has 1 aromatic carbocycles. The van der Waals surface area contributed by atoms with Gasteiger partial charge in [0.15, 0.2) is 0 Å². The van der Waals surface area contributed by atoms with Crippen molar-refractivity contribution >= 4 is 38.9 Å². The molecule has 0 spiro atoms. The van der Waals surface area contributed by atoms with Crippen molar-refractivity contribution in [1.82, 2.24) is 9.21 Å². The van der Waals surface area contributed by atoms with Crippen LogP contribution in [-0.4, -0.2) is 79.6 Å². The number of halogens is 3. The highest BCUT2D eigenvalue weighted by atomic mass is 32.2. The number of amides is 2. The molecule has 3 atom stereocenters. The summed E-state index contributed by atoms with van der Waals surface area (Å²) >= 11 is 1.09. The molecule has 0 bridgehead atoms. The van der Waals surface area contributed by atoms with Crippen molar-refractivity contribution in [2.45, 2.75) is 49.2 Å². The number of alkyl halides is 3. The molecule has 210 valence electrons. The van der Waals surface area contributed by atoms with E-state index in [2.05, 4.69) is 5.32 Å². The number of carbonyl (C=O) groups is 2. The molecular formula is C24H30F3N3O6S2. The van der Waals surface area contributed by atoms with Crippen molar-refractivity contribution in [3.05, 3.63) is 41.3 Å². The second-order valence-electron chi connectivity index (χ2n) is 9.21. The van der Waals surface area contributed by atoms with E-state index >= 15 is 0 Å². The van der Waals surface area contributed by atoms with Gasteiger partial charge in [-0.15, -0.1) is 11.3 Å². The lowest BCUT2D eigenvalue weighted by atomic mass is 9.99. The predicted octanol–water partition coefficient (Wildman–Crippen LogP) is 3.57. The fourth-order valence-electron chi connectivity index (χ4n) is 3.91. The van der Waals surface area contributed by atoms with E-state index in [1.165, 1.54) is 40.5 Å². The molecule has 1 aromatic heterocycles. The summed E-state index contributed by atoms with van der Waals surface area (Å²) in [6.45, 7) is 3.23. The molecule has 0 aliphatic carbocycles. The molecule has 0 saturated heterocycles. The average molecular weight is 578 g/mol. The van der Waals surface area contributed by atoms with Crippen molar-refractivity contribution in [3.8, 4) is 5.75 Å². The molecule has 14 heteroatoms. The number of carbonyl (C=O) groups excluding carboxylic acids is 2. The molecule has 2 aromatic rings. The van der Waals surface area contributed by atoms with Crippen molar-refractivity contribution in [2.75, 3.05) is 32.1 Å². The molecule has 2 heterocycles. The maximum atomic E-state index is 13.4. The minimum atomic E-state index is -4.48. The highest BCUT2D eigenvalue weighted by molar-refractivity contribution is 7.91. The summed E-state index contributed by atoms with van der Waals surface area (Å²) in [4.78, 5) is 26.9. The van der Waals surface area contributed by atoms with Crippen LogP contribution in [0.2, 0.25) is 0 Å². The lowest BCUT2D eigenvalue weighted by molar-refractivity contribution is -0.142. The minimum absolute atomic E-state index is 0.0274. The largest absolute Gasteiger partial charge is 0.488 e. The number of benzene rings is 1. The number of aliphatic hydroxyl groups excluding tert-OH is 1. The number of nitrogens with one attached hydrogen (secondary N) is 1. The van der Waals surface area contributed by atoms with Crippen LogP contribution in [0.15, 0.2) is 39.9 Å². The van der Waals surface area contributed by atoms with Gasteiger partial charge in [0.05, 0.1) is 31.2 Å². The van der Waals surface area contributed by atoms with Gasteiger partial charge in [-0.3, -0.25) is 9.59 Å². The summed E-state index contributed by atoms with van der Waals surface area (Å²) in [5.41, 5.74) is 0.131. The first-order valence-electron chi connectivity index (χ1n) is 11.8. The molecule has 2 N–H and O–H groups in total. The number of fused-ring (bicyclic) bond motifs is 1. The Hall–Kier alpha value is -2.68. The van der Waals surface area contributed by atoms with Gasteiger partial charge in [-0.2, -0.15) is 17.5 Å². The van der Waals surface area contributed by atoms with Crippen LogP contribution in [-0.2, 0) is 14.8 Å². The molecule has 1 aliphatic rings. The first-order valence-corrected chi connectivity index (χ1v) is 14.1. The first kappa shape index (κ1) is 29.9. The Labute approximate surface area is 223 Å². The van der Waals surface area contributed by atoms with Crippen LogP contribution in [0.4, 0.5) is 18.9 Å². The van der Waals surface area contributed by atoms with Crippen molar-refractivity contribution in [2.24, 2.45) is 5.92 Å². The number of hydrogen-bond acceptors (Lipinski definition) is 7. The fraction of sp³-hybridized carbons (Fsp3) is 0.500. The number of nitrogens with zero attached hydrogens (tertiary/aromatic N) is 2. The van der Waals surface area contributed by atoms with E-state index in [0.717, 1.165) is 11.3 Å². The molecule has 9 nitrogen and oxygen atoms in total. The lowest BCUT2D eigenvalue weighted by Gasteiger charge is -2.38. The normalized spacial score (nSPS) is 19.4. The van der Waals surface area contributed by atoms with Crippen molar-refractivity contribution < 1.29 is 41.0 Å². The number of anilines is 1. The van der Waals surface area contributed by atoms with Gasteiger partial charge >= 0.3 is 6.18 Å². The highest BCUT2D eigenvalue weighted by Crippen LogP contribution is 2.32. The molecule has 0 unspecified atom stereocenters. The van der Waals surface area contributed by atoms with Gasteiger partial charge in [0.25, 0.3) is 15.9 Å². The number of likely N-dealkylation sites (N-methyl/N-ethyl adjacent to an activating group) is 1. The van der Waals surface area contributed by atoms with Gasteiger partial charge in [-0.25, -0.2) is 8.42 Å². The van der Waals surface area contributed by atoms with Gasteiger partial charge in [-0.05, 0) is 36.6 Å². The standard InChI is InChI=1S/C24H30F3N3O6S2/c1-15-12-30(16(2)14-31)23(33)18-11-17(28-21(32)8-9-24(25,26)27)6-7-19(18)36-20(15)13-29(3)38(34,35)22-5-4-10-37-22/h4-7,10-11,15-16,20,31H,8-9,12-14H2,1-3H3,(H,28,32)/t15-,16-,20-/m0/s1. The lowest BCUT2D eigenvalue weighted by Crippen LogP contribution is -2.50. The highest BCUT2D eigenvalue weighted by Gasteiger charge is 2.35. The van der Waals surface area contributed by atoms with Crippen molar-refractivity contribution in [3.63, 3.8) is 0 Å². The van der Waals surface area contributed by atoms with Gasteiger partial charge in [0.1, 0.15) is 16.1 Å². The third-order valence-electron chi connectivity index (χ3n) is 6.18. The van der Waals surface area contributed by atoms with E-state index in [1.54, 1.807) is 25.3 Å². The smallest absolute Gasteiger partial charge is 0.389 e. The number of rotatable bonds is 9. The molecule has 0 radical (unpaired) electrons. The molecule has 3 rings (SSSR count). The number of ether oxygens (including phenoxy) is 1. The van der Waals surface area contributed by atoms with Crippen LogP contribution < -0.4 is 10.1 Å². The Morgan fingerprint density at radius 1 is 1.34 bits per heavy atom. The Bertz CT molecular complexity index is 1240. The zero-order valence-corrected chi connectivity index (χ0v) is 22.7. The minimum Gasteiger partial charge on any atom is -0.488 e. The molecule has 0 fully saturated rings. The van der Waals surface area contributed by atoms with E-state index in [-0.39, 0.29) is 46.8 Å². The Kier molecular flexibility index (Phi) is 9.44. The second-order valence-corrected chi connectivity index (χ2v) is 12.4. The zero-order valence-electron chi connectivity index (χ0n) is 21.1. The third-order valence-corrected chi connectivity index (χ3v) is 9.38. The summed E-state index contributed by atoms with van der Waals surface area (Å²) < 4.78 is 70.9. The Morgan fingerprint density at radius 2 is 2.05 bits per heavy atom. The fourth-order valence-corrected chi connectivity index (χ4v) is 6.30. The Morgan fingerprint density at radius 3 is 2.66 bits per heavy atom. The molecule has 0 saturated carbocycles. The van der Waals surface area contributed by atoms with E-state index in [0.29, 0.717) is 0 Å². The molecule has 1 aliphatic heterocycles. The second kappa shape index (κ2) is 12.0. The van der Waals surface area contributed by atoms with E-state index in [9.17, 15) is 36.3 Å². The van der Waals surface area contributed by atoms with Crippen molar-refractivity contribution in [1.29, 1.82) is 0 Å². The third kappa shape index (κ3) is 7.24. The number of hydrogen-bond donors (Lipinski definition) is 2. The topological polar surface area (TPSA) is 116 Å². The van der Waals surface area contributed by atoms with Crippen LogP contribution in [0.25, 0.3) is 0 Å². The molecule has 2 amide bonds. The summed E-state index contributed by atoms with van der Waals surface area (Å²) in [5, 5.41) is 13.8. The van der Waals surface area contributed by atoms with Gasteiger partial charge in [-0.1, -0.05) is 13.0 Å². The molecular weight excluding hydrogens is 547 g/mol. The van der Waals surface area contributed by atoms with Gasteiger partial charge < -0.3 is 20.1 Å². The number of aliphatic hydroxyl groups is 1. The van der Waals surface area contributed by atoms with Crippen LogP contribution in [0.1, 0.15) is 37.0 Å². The zero-order chi connectivity index (χ0) is 28.3. The van der Waals surface area contributed by atoms with Gasteiger partial charge in [0.2, 0.25) is 5.91 Å². The van der Waals surface area contributed by atoms with E-state index in [1.807, 2.05) is 0 Å². The summed E-state index contributed by atoms with van der Waals surface area (Å²) in [6, 6.07) is 6.66. The maximum Gasteiger partial charge on any atom is 0.389 e. The van der Waals surface area contributed by atoms with Crippen LogP contribution in [0, 0.1) is 5.92 Å². The number of thiophene rings is 1. The van der Waals surface area contributed by atoms with E-state index in [4.69, 9.17) is 4.74 Å². The molecule has 38 heavy (non-hydrogen) atoms. The number of sulfonamides is 1. The van der Waals surface area contributed by atoms with Crippen LogP contribution in [0.3, 0.4) is 0 Å². The summed E-state index contributed by atoms with van der Waals surface area (Å²) in [6.07, 6.45) is -7.23. The quantitative estimate of drug-likeness (QED) is 0.471. The maximum absolute atomic E-state index is 13.4. The monoisotopic (exact) mass is 577 g/mol. The first-order chi connectivity index (χ1) is 17.7. The average Bonchev–Trinajstić information content (AvgIpc) is 3.40. The SMILES string of the molecule is C[C@H]1CN([C@@H](C)CO)C(=O)c2cc(NC(=O)CCC(F)(F)F)ccc2O[C@H]1CN(C)S(=O)(=O)c1cccs1. The van der Waals surface area contributed by atoms with Crippen LogP contribution in [0.5, 0.6) is 5.75 Å². The summed E-state index contributed by atoms with van der Waals surface area (Å²) in [5.74, 6) is -1.59. The predicted molar refractivity (Wildman–Crippen MR) is 136 cm³/mol.